The van der Waals surface area contributed by atoms with Crippen LogP contribution in [0.2, 0.25) is 0 Å². The molecule has 0 fully saturated rings. The summed E-state index contributed by atoms with van der Waals surface area (Å²) >= 11 is 3.47. The number of halogens is 1. The van der Waals surface area contributed by atoms with Gasteiger partial charge in [0, 0.05) is 27.9 Å². The van der Waals surface area contributed by atoms with Crippen LogP contribution in [0.5, 0.6) is 5.75 Å². The third kappa shape index (κ3) is 5.36. The minimum absolute atomic E-state index is 0.105. The molecule has 1 N–H and O–H groups in total. The van der Waals surface area contributed by atoms with Gasteiger partial charge in [-0.2, -0.15) is 8.42 Å². The second kappa shape index (κ2) is 10.7. The molecular weight excluding hydrogens is 584 g/mol. The van der Waals surface area contributed by atoms with E-state index in [1.165, 1.54) is 22.4 Å². The minimum Gasteiger partial charge on any atom is -0.378 e. The third-order valence-corrected chi connectivity index (χ3v) is 9.35. The number of hydrogen-bond acceptors (Lipinski definition) is 5. The largest absolute Gasteiger partial charge is 0.378 e. The Labute approximate surface area is 243 Å². The molecular formula is C33H29BrN2O3S. The van der Waals surface area contributed by atoms with E-state index in [-0.39, 0.29) is 16.7 Å². The van der Waals surface area contributed by atoms with Crippen molar-refractivity contribution in [1.82, 2.24) is 0 Å². The average Bonchev–Trinajstić information content (AvgIpc) is 3.44. The van der Waals surface area contributed by atoms with E-state index in [1.807, 2.05) is 19.1 Å². The molecule has 202 valence electrons. The number of allylic oxidation sites excluding steroid dienone is 2. The Bertz CT molecular complexity index is 1730. The van der Waals surface area contributed by atoms with E-state index < -0.39 is 10.1 Å². The van der Waals surface area contributed by atoms with Crippen molar-refractivity contribution in [3.05, 3.63) is 129 Å². The van der Waals surface area contributed by atoms with Crippen molar-refractivity contribution in [2.75, 3.05) is 5.32 Å². The zero-order valence-electron chi connectivity index (χ0n) is 22.2. The summed E-state index contributed by atoms with van der Waals surface area (Å²) in [4.78, 5) is 4.74. The number of nitrogens with zero attached hydrogens (tertiary/aromatic N) is 1. The van der Waals surface area contributed by atoms with E-state index in [0.717, 1.165) is 22.1 Å². The van der Waals surface area contributed by atoms with Gasteiger partial charge in [-0.25, -0.2) is 0 Å². The highest BCUT2D eigenvalue weighted by atomic mass is 79.9. The van der Waals surface area contributed by atoms with Crippen LogP contribution in [0.25, 0.3) is 0 Å². The number of rotatable bonds is 6. The van der Waals surface area contributed by atoms with Crippen molar-refractivity contribution >= 4 is 43.6 Å². The molecule has 0 unspecified atom stereocenters. The number of anilines is 1. The fourth-order valence-electron chi connectivity index (χ4n) is 5.52. The van der Waals surface area contributed by atoms with Crippen LogP contribution in [-0.2, 0) is 10.1 Å². The van der Waals surface area contributed by atoms with Crippen molar-refractivity contribution < 1.29 is 12.6 Å². The van der Waals surface area contributed by atoms with Gasteiger partial charge in [0.25, 0.3) is 0 Å². The number of aliphatic imine (C=N–C) groups is 1. The maximum Gasteiger partial charge on any atom is 0.339 e. The monoisotopic (exact) mass is 612 g/mol. The standard InChI is InChI=1S/C33H29BrN2O3S/c1-21-6-14-27(15-7-21)40(37,38)39-32-17-11-25(34)19-24(32)20-35-26-12-9-23(10-13-26)33-29-5-3-4-28(29)30-18-22(2)8-16-31(30)36-33/h3-4,6-20,28-29,33,36H,5H2,1-2H3/t28-,29+,33+/m1/s1. The number of hydrogen-bond donors (Lipinski definition) is 1. The smallest absolute Gasteiger partial charge is 0.339 e. The van der Waals surface area contributed by atoms with Crippen LogP contribution in [0.15, 0.2) is 111 Å². The van der Waals surface area contributed by atoms with E-state index in [1.54, 1.807) is 48.7 Å². The van der Waals surface area contributed by atoms with Crippen molar-refractivity contribution in [3.8, 4) is 5.75 Å². The van der Waals surface area contributed by atoms with Crippen molar-refractivity contribution in [1.29, 1.82) is 0 Å². The van der Waals surface area contributed by atoms with Crippen LogP contribution >= 0.6 is 15.9 Å². The maximum absolute atomic E-state index is 12.9. The first kappa shape index (κ1) is 26.5. The molecule has 4 aromatic carbocycles. The van der Waals surface area contributed by atoms with Crippen LogP contribution in [0.3, 0.4) is 0 Å². The maximum atomic E-state index is 12.9. The highest BCUT2D eigenvalue weighted by Gasteiger charge is 2.37. The molecule has 0 bridgehead atoms. The molecule has 0 amide bonds. The fraction of sp³-hybridized carbons (Fsp3) is 0.182. The predicted molar refractivity (Wildman–Crippen MR) is 164 cm³/mol. The van der Waals surface area contributed by atoms with E-state index in [0.29, 0.717) is 17.4 Å². The van der Waals surface area contributed by atoms with Gasteiger partial charge in [-0.1, -0.05) is 75.6 Å². The molecule has 0 radical (unpaired) electrons. The summed E-state index contributed by atoms with van der Waals surface area (Å²) < 4.78 is 32.1. The zero-order valence-corrected chi connectivity index (χ0v) is 24.6. The molecule has 2 aliphatic rings. The van der Waals surface area contributed by atoms with Crippen molar-refractivity contribution in [2.45, 2.75) is 37.1 Å². The molecule has 6 rings (SSSR count). The molecule has 3 atom stereocenters. The zero-order chi connectivity index (χ0) is 27.9. The summed E-state index contributed by atoms with van der Waals surface area (Å²) in [5.41, 5.74) is 7.38. The second-order valence-corrected chi connectivity index (χ2v) is 12.9. The lowest BCUT2D eigenvalue weighted by Gasteiger charge is -2.37. The van der Waals surface area contributed by atoms with Gasteiger partial charge in [0.05, 0.1) is 11.7 Å². The summed E-state index contributed by atoms with van der Waals surface area (Å²) in [5, 5.41) is 3.78. The Morgan fingerprint density at radius 3 is 2.45 bits per heavy atom. The van der Waals surface area contributed by atoms with Crippen LogP contribution in [0, 0.1) is 19.8 Å². The molecule has 0 saturated carbocycles. The van der Waals surface area contributed by atoms with Crippen LogP contribution in [0.1, 0.15) is 46.2 Å². The van der Waals surface area contributed by atoms with Crippen LogP contribution in [-0.4, -0.2) is 14.6 Å². The fourth-order valence-corrected chi connectivity index (χ4v) is 6.86. The van der Waals surface area contributed by atoms with Gasteiger partial charge in [-0.15, -0.1) is 0 Å². The number of nitrogens with one attached hydrogen (secondary N) is 1. The average molecular weight is 614 g/mol. The second-order valence-electron chi connectivity index (χ2n) is 10.4. The van der Waals surface area contributed by atoms with Crippen molar-refractivity contribution in [3.63, 3.8) is 0 Å². The van der Waals surface area contributed by atoms with E-state index >= 15 is 0 Å². The third-order valence-electron chi connectivity index (χ3n) is 7.60. The molecule has 1 aliphatic heterocycles. The molecule has 0 saturated heterocycles. The molecule has 7 heteroatoms. The first-order valence-electron chi connectivity index (χ1n) is 13.3. The highest BCUT2D eigenvalue weighted by molar-refractivity contribution is 9.10. The summed E-state index contributed by atoms with van der Waals surface area (Å²) in [6.45, 7) is 4.05. The van der Waals surface area contributed by atoms with Gasteiger partial charge in [0.1, 0.15) is 4.90 Å². The summed E-state index contributed by atoms with van der Waals surface area (Å²) in [6, 6.07) is 26.8. The minimum atomic E-state index is -3.99. The van der Waals surface area contributed by atoms with Gasteiger partial charge in [-0.3, -0.25) is 4.99 Å². The molecule has 1 aliphatic carbocycles. The Kier molecular flexibility index (Phi) is 7.11. The lowest BCUT2D eigenvalue weighted by Crippen LogP contribution is -2.29. The molecule has 0 spiro atoms. The molecule has 1 heterocycles. The number of aryl methyl sites for hydroxylation is 2. The van der Waals surface area contributed by atoms with Crippen molar-refractivity contribution in [2.24, 2.45) is 10.9 Å². The number of fused-ring (bicyclic) bond motifs is 3. The van der Waals surface area contributed by atoms with E-state index in [4.69, 9.17) is 4.18 Å². The molecule has 0 aromatic heterocycles. The quantitative estimate of drug-likeness (QED) is 0.135. The SMILES string of the molecule is Cc1ccc(S(=O)(=O)Oc2ccc(Br)cc2C=Nc2ccc([C@@H]3Nc4ccc(C)cc4[C@@H]4C=CC[C@@H]43)cc2)cc1. The summed E-state index contributed by atoms with van der Waals surface area (Å²) in [6.07, 6.45) is 7.34. The van der Waals surface area contributed by atoms with Gasteiger partial charge >= 0.3 is 10.1 Å². The van der Waals surface area contributed by atoms with E-state index in [2.05, 4.69) is 75.6 Å². The van der Waals surface area contributed by atoms with Gasteiger partial charge in [0.2, 0.25) is 0 Å². The van der Waals surface area contributed by atoms with Gasteiger partial charge in [-0.05, 0) is 85.8 Å². The predicted octanol–water partition coefficient (Wildman–Crippen LogP) is 8.41. The lowest BCUT2D eigenvalue weighted by molar-refractivity contribution is 0.425. The van der Waals surface area contributed by atoms with Gasteiger partial charge in [0.15, 0.2) is 5.75 Å². The molecule has 5 nitrogen and oxygen atoms in total. The lowest BCUT2D eigenvalue weighted by atomic mass is 9.76. The summed E-state index contributed by atoms with van der Waals surface area (Å²) in [7, 11) is -3.99. The highest BCUT2D eigenvalue weighted by Crippen LogP contribution is 2.50. The molecule has 4 aromatic rings. The Balaban J connectivity index is 1.23. The normalized spacial score (nSPS) is 19.7. The Hall–Kier alpha value is -3.68. The van der Waals surface area contributed by atoms with Gasteiger partial charge < -0.3 is 9.50 Å². The van der Waals surface area contributed by atoms with Crippen LogP contribution < -0.4 is 9.50 Å². The molecule has 40 heavy (non-hydrogen) atoms. The number of benzene rings is 4. The topological polar surface area (TPSA) is 67.8 Å². The Morgan fingerprint density at radius 2 is 1.68 bits per heavy atom. The Morgan fingerprint density at radius 1 is 0.925 bits per heavy atom. The van der Waals surface area contributed by atoms with Crippen LogP contribution in [0.4, 0.5) is 11.4 Å². The first-order chi connectivity index (χ1) is 19.3. The summed E-state index contributed by atoms with van der Waals surface area (Å²) in [5.74, 6) is 1.11. The first-order valence-corrected chi connectivity index (χ1v) is 15.5. The van der Waals surface area contributed by atoms with E-state index in [9.17, 15) is 8.42 Å².